The summed E-state index contributed by atoms with van der Waals surface area (Å²) in [6, 6.07) is 22.5. The van der Waals surface area contributed by atoms with Crippen molar-refractivity contribution >= 4 is 17.6 Å². The topological polar surface area (TPSA) is 65.1 Å². The van der Waals surface area contributed by atoms with Crippen molar-refractivity contribution in [3.05, 3.63) is 101 Å². The summed E-state index contributed by atoms with van der Waals surface area (Å²) in [6.07, 6.45) is -3.74. The average molecular weight is 581 g/mol. The van der Waals surface area contributed by atoms with Crippen LogP contribution in [0, 0.1) is 0 Å². The number of hydrogen-bond donors (Lipinski definition) is 1. The van der Waals surface area contributed by atoms with Crippen molar-refractivity contribution in [2.75, 3.05) is 44.7 Å². The molecule has 3 aromatic carbocycles. The number of amides is 1. The first-order chi connectivity index (χ1) is 20.2. The van der Waals surface area contributed by atoms with Gasteiger partial charge in [0, 0.05) is 57.5 Å². The Balaban J connectivity index is 1.22. The summed E-state index contributed by atoms with van der Waals surface area (Å²) in [5.74, 6) is -0.319. The van der Waals surface area contributed by atoms with Crippen LogP contribution in [0.25, 0.3) is 0 Å². The Labute approximate surface area is 243 Å². The molecule has 1 N–H and O–H groups in total. The summed E-state index contributed by atoms with van der Waals surface area (Å²) in [5, 5.41) is 3.58. The van der Waals surface area contributed by atoms with Crippen molar-refractivity contribution in [3.63, 3.8) is 0 Å². The Hall–Kier alpha value is -3.89. The second-order valence-electron chi connectivity index (χ2n) is 10.8. The Morgan fingerprint density at radius 3 is 2.29 bits per heavy atom. The van der Waals surface area contributed by atoms with Gasteiger partial charge in [0.2, 0.25) is 5.91 Å². The lowest BCUT2D eigenvalue weighted by atomic mass is 10.1. The quantitative estimate of drug-likeness (QED) is 0.394. The van der Waals surface area contributed by atoms with Gasteiger partial charge in [0.15, 0.2) is 0 Å². The number of nitrogens with one attached hydrogen (secondary N) is 1. The van der Waals surface area contributed by atoms with E-state index in [2.05, 4.69) is 22.3 Å². The Morgan fingerprint density at radius 1 is 0.905 bits per heavy atom. The van der Waals surface area contributed by atoms with E-state index in [4.69, 9.17) is 4.74 Å². The van der Waals surface area contributed by atoms with Crippen molar-refractivity contribution in [1.82, 2.24) is 15.1 Å². The number of halogens is 3. The predicted molar refractivity (Wildman–Crippen MR) is 154 cm³/mol. The zero-order valence-corrected chi connectivity index (χ0v) is 23.5. The largest absolute Gasteiger partial charge is 0.465 e. The number of benzene rings is 3. The van der Waals surface area contributed by atoms with E-state index in [-0.39, 0.29) is 24.0 Å². The van der Waals surface area contributed by atoms with Crippen LogP contribution < -0.4 is 10.2 Å². The van der Waals surface area contributed by atoms with Crippen LogP contribution in [0.2, 0.25) is 0 Å². The number of esters is 1. The highest BCUT2D eigenvalue weighted by atomic mass is 19.4. The first kappa shape index (κ1) is 29.6. The van der Waals surface area contributed by atoms with Crippen molar-refractivity contribution < 1.29 is 27.5 Å². The van der Waals surface area contributed by atoms with Crippen LogP contribution in [0.15, 0.2) is 78.9 Å². The number of hydrogen-bond acceptors (Lipinski definition) is 6. The van der Waals surface area contributed by atoms with Gasteiger partial charge in [-0.2, -0.15) is 13.2 Å². The third-order valence-electron chi connectivity index (χ3n) is 8.02. The average Bonchev–Trinajstić information content (AvgIpc) is 3.42. The van der Waals surface area contributed by atoms with Crippen molar-refractivity contribution in [2.45, 2.75) is 37.8 Å². The predicted octanol–water partition coefficient (Wildman–Crippen LogP) is 4.57. The van der Waals surface area contributed by atoms with E-state index in [1.165, 1.54) is 19.2 Å². The standard InChI is InChI=1S/C32H35F3N4O3/c1-42-31(41)25-12-10-23(11-13-25)20-36-27-19-29(39(22-27)21-24-6-3-2-4-7-24)30(40)38-16-14-37(15-17-38)28-9-5-8-26(18-28)32(33,34)35/h2-13,18,27,29,36H,14-17,19-22H2,1H3/t27-,29+/m1/s1. The third kappa shape index (κ3) is 7.11. The van der Waals surface area contributed by atoms with E-state index in [9.17, 15) is 22.8 Å². The molecule has 0 aromatic heterocycles. The molecule has 2 aliphatic heterocycles. The molecule has 2 heterocycles. The lowest BCUT2D eigenvalue weighted by Gasteiger charge is -2.38. The molecule has 2 atom stereocenters. The van der Waals surface area contributed by atoms with E-state index in [1.54, 1.807) is 18.2 Å². The molecule has 5 rings (SSSR count). The molecule has 0 spiro atoms. The van der Waals surface area contributed by atoms with E-state index < -0.39 is 11.7 Å². The van der Waals surface area contributed by atoms with Gasteiger partial charge in [0.05, 0.1) is 24.3 Å². The molecule has 0 unspecified atom stereocenters. The SMILES string of the molecule is COC(=O)c1ccc(CN[C@@H]2C[C@@H](C(=O)N3CCN(c4cccc(C(F)(F)F)c4)CC3)N(Cc3ccccc3)C2)cc1. The first-order valence-corrected chi connectivity index (χ1v) is 14.1. The summed E-state index contributed by atoms with van der Waals surface area (Å²) in [4.78, 5) is 31.5. The summed E-state index contributed by atoms with van der Waals surface area (Å²) < 4.78 is 44.4. The van der Waals surface area contributed by atoms with Gasteiger partial charge in [-0.25, -0.2) is 4.79 Å². The zero-order chi connectivity index (χ0) is 29.7. The number of carbonyl (C=O) groups excluding carboxylic acids is 2. The molecule has 2 saturated heterocycles. The Morgan fingerprint density at radius 2 is 1.62 bits per heavy atom. The maximum absolute atomic E-state index is 13.8. The minimum atomic E-state index is -4.39. The van der Waals surface area contributed by atoms with Gasteiger partial charge in [-0.3, -0.25) is 9.69 Å². The number of anilines is 1. The Kier molecular flexibility index (Phi) is 9.13. The fourth-order valence-electron chi connectivity index (χ4n) is 5.71. The molecule has 2 aliphatic rings. The molecular formula is C32H35F3N4O3. The molecule has 0 bridgehead atoms. The molecule has 1 amide bonds. The lowest BCUT2D eigenvalue weighted by molar-refractivity contribution is -0.137. The first-order valence-electron chi connectivity index (χ1n) is 14.1. The van der Waals surface area contributed by atoms with Gasteiger partial charge in [-0.05, 0) is 47.9 Å². The number of methoxy groups -OCH3 is 1. The molecule has 7 nitrogen and oxygen atoms in total. The second-order valence-corrected chi connectivity index (χ2v) is 10.8. The van der Waals surface area contributed by atoms with Crippen LogP contribution in [-0.2, 0) is 28.8 Å². The van der Waals surface area contributed by atoms with Crippen molar-refractivity contribution in [2.24, 2.45) is 0 Å². The lowest BCUT2D eigenvalue weighted by Crippen LogP contribution is -2.53. The minimum absolute atomic E-state index is 0.0568. The summed E-state index contributed by atoms with van der Waals surface area (Å²) in [7, 11) is 1.35. The number of rotatable bonds is 8. The maximum atomic E-state index is 13.8. The van der Waals surface area contributed by atoms with Crippen LogP contribution in [-0.4, -0.2) is 73.6 Å². The maximum Gasteiger partial charge on any atom is 0.416 e. The molecule has 10 heteroatoms. The number of piperazine rings is 1. The number of alkyl halides is 3. The van der Waals surface area contributed by atoms with Crippen LogP contribution in [0.4, 0.5) is 18.9 Å². The zero-order valence-electron chi connectivity index (χ0n) is 23.5. The highest BCUT2D eigenvalue weighted by Crippen LogP contribution is 2.32. The molecule has 2 fully saturated rings. The van der Waals surface area contributed by atoms with E-state index in [0.29, 0.717) is 63.5 Å². The van der Waals surface area contributed by atoms with Gasteiger partial charge in [0.1, 0.15) is 0 Å². The van der Waals surface area contributed by atoms with Gasteiger partial charge < -0.3 is 19.9 Å². The van der Waals surface area contributed by atoms with E-state index in [1.807, 2.05) is 40.1 Å². The third-order valence-corrected chi connectivity index (χ3v) is 8.02. The Bertz CT molecular complexity index is 1360. The van der Waals surface area contributed by atoms with Crippen molar-refractivity contribution in [1.29, 1.82) is 0 Å². The van der Waals surface area contributed by atoms with Crippen molar-refractivity contribution in [3.8, 4) is 0 Å². The molecule has 3 aromatic rings. The van der Waals surface area contributed by atoms with Gasteiger partial charge in [0.25, 0.3) is 0 Å². The van der Waals surface area contributed by atoms with Crippen LogP contribution in [0.3, 0.4) is 0 Å². The van der Waals surface area contributed by atoms with Gasteiger partial charge in [-0.1, -0.05) is 48.5 Å². The summed E-state index contributed by atoms with van der Waals surface area (Å²) in [6.45, 7) is 3.80. The normalized spacial score (nSPS) is 19.6. The highest BCUT2D eigenvalue weighted by molar-refractivity contribution is 5.89. The van der Waals surface area contributed by atoms with Gasteiger partial charge in [-0.15, -0.1) is 0 Å². The number of ether oxygens (including phenoxy) is 1. The fraction of sp³-hybridized carbons (Fsp3) is 0.375. The number of likely N-dealkylation sites (tertiary alicyclic amines) is 1. The van der Waals surface area contributed by atoms with Gasteiger partial charge >= 0.3 is 12.1 Å². The molecule has 42 heavy (non-hydrogen) atoms. The molecular weight excluding hydrogens is 545 g/mol. The monoisotopic (exact) mass is 580 g/mol. The van der Waals surface area contributed by atoms with Crippen LogP contribution in [0.5, 0.6) is 0 Å². The van der Waals surface area contributed by atoms with E-state index >= 15 is 0 Å². The van der Waals surface area contributed by atoms with Crippen LogP contribution in [0.1, 0.15) is 33.5 Å². The molecule has 222 valence electrons. The fourth-order valence-corrected chi connectivity index (χ4v) is 5.71. The second kappa shape index (κ2) is 13.0. The number of carbonyl (C=O) groups is 2. The number of nitrogens with zero attached hydrogens (tertiary/aromatic N) is 3. The minimum Gasteiger partial charge on any atom is -0.465 e. The smallest absolute Gasteiger partial charge is 0.416 e. The van der Waals surface area contributed by atoms with Crippen LogP contribution >= 0.6 is 0 Å². The molecule has 0 saturated carbocycles. The summed E-state index contributed by atoms with van der Waals surface area (Å²) >= 11 is 0. The highest BCUT2D eigenvalue weighted by Gasteiger charge is 2.39. The summed E-state index contributed by atoms with van der Waals surface area (Å²) in [5.41, 5.74) is 2.50. The van der Waals surface area contributed by atoms with E-state index in [0.717, 1.165) is 17.2 Å². The molecule has 0 aliphatic carbocycles. The molecule has 0 radical (unpaired) electrons.